The third-order valence-electron chi connectivity index (χ3n) is 7.11. The average molecular weight is 395 g/mol. The number of phenols is 1. The molecule has 5 heteroatoms. The summed E-state index contributed by atoms with van der Waals surface area (Å²) in [5.41, 5.74) is 0.303. The quantitative estimate of drug-likeness (QED) is 0.840. The van der Waals surface area contributed by atoms with E-state index in [1.54, 1.807) is 12.1 Å². The number of carbonyl (C=O) groups is 1. The van der Waals surface area contributed by atoms with Gasteiger partial charge in [-0.3, -0.25) is 4.79 Å². The monoisotopic (exact) mass is 394 g/mol. The van der Waals surface area contributed by atoms with E-state index in [4.69, 9.17) is 0 Å². The van der Waals surface area contributed by atoms with Gasteiger partial charge in [-0.2, -0.15) is 0 Å². The van der Waals surface area contributed by atoms with Gasteiger partial charge in [-0.1, -0.05) is 30.3 Å². The maximum Gasteiger partial charge on any atom is 0.253 e. The molecule has 2 aliphatic rings. The number of benzene rings is 2. The molecule has 5 nitrogen and oxygen atoms in total. The van der Waals surface area contributed by atoms with Crippen LogP contribution in [0.15, 0.2) is 54.6 Å². The van der Waals surface area contributed by atoms with Crippen molar-refractivity contribution < 1.29 is 15.0 Å². The Morgan fingerprint density at radius 1 is 1.14 bits per heavy atom. The molecule has 4 rings (SSSR count). The van der Waals surface area contributed by atoms with Crippen molar-refractivity contribution in [3.8, 4) is 5.75 Å². The second kappa shape index (κ2) is 7.47. The normalized spacial score (nSPS) is 29.8. The van der Waals surface area contributed by atoms with E-state index in [0.717, 1.165) is 24.9 Å². The van der Waals surface area contributed by atoms with E-state index in [2.05, 4.69) is 4.90 Å². The Morgan fingerprint density at radius 2 is 1.90 bits per heavy atom. The highest BCUT2D eigenvalue weighted by molar-refractivity contribution is 5.94. The smallest absolute Gasteiger partial charge is 0.253 e. The van der Waals surface area contributed by atoms with Crippen molar-refractivity contribution in [2.24, 2.45) is 0 Å². The van der Waals surface area contributed by atoms with Crippen LogP contribution in [-0.4, -0.2) is 64.7 Å². The SMILES string of the molecule is CN1CCC2(c3cccc(O)c3)C[C@@H](N(C)C(=O)c3ccccc3)CCC2(O)C1. The Labute approximate surface area is 172 Å². The number of rotatable bonds is 3. The van der Waals surface area contributed by atoms with Crippen LogP contribution in [-0.2, 0) is 5.41 Å². The van der Waals surface area contributed by atoms with Crippen LogP contribution in [0.25, 0.3) is 0 Å². The molecule has 3 atom stereocenters. The van der Waals surface area contributed by atoms with Gasteiger partial charge in [0, 0.05) is 30.6 Å². The van der Waals surface area contributed by atoms with Crippen LogP contribution < -0.4 is 0 Å². The van der Waals surface area contributed by atoms with E-state index in [-0.39, 0.29) is 17.7 Å². The maximum absolute atomic E-state index is 13.0. The molecular weight excluding hydrogens is 364 g/mol. The minimum Gasteiger partial charge on any atom is -0.508 e. The molecule has 0 radical (unpaired) electrons. The molecule has 2 N–H and O–H groups in total. The Balaban J connectivity index is 1.68. The fourth-order valence-corrected chi connectivity index (χ4v) is 5.43. The molecule has 1 saturated heterocycles. The zero-order valence-electron chi connectivity index (χ0n) is 17.2. The third-order valence-corrected chi connectivity index (χ3v) is 7.11. The molecule has 0 bridgehead atoms. The summed E-state index contributed by atoms with van der Waals surface area (Å²) in [4.78, 5) is 17.1. The van der Waals surface area contributed by atoms with Gasteiger partial charge in [0.25, 0.3) is 5.91 Å². The van der Waals surface area contributed by atoms with Gasteiger partial charge in [0.15, 0.2) is 0 Å². The van der Waals surface area contributed by atoms with Crippen molar-refractivity contribution in [2.45, 2.75) is 42.7 Å². The third kappa shape index (κ3) is 3.43. The van der Waals surface area contributed by atoms with Crippen LogP contribution in [0.3, 0.4) is 0 Å². The van der Waals surface area contributed by atoms with Gasteiger partial charge >= 0.3 is 0 Å². The lowest BCUT2D eigenvalue weighted by atomic mass is 9.55. The molecule has 0 spiro atoms. The predicted molar refractivity (Wildman–Crippen MR) is 113 cm³/mol. The number of likely N-dealkylation sites (tertiary alicyclic amines) is 1. The highest BCUT2D eigenvalue weighted by Crippen LogP contribution is 2.52. The molecule has 1 amide bonds. The topological polar surface area (TPSA) is 64.0 Å². The number of amides is 1. The minimum atomic E-state index is -0.874. The Kier molecular flexibility index (Phi) is 5.13. The predicted octanol–water partition coefficient (Wildman–Crippen LogP) is 3.02. The lowest BCUT2D eigenvalue weighted by molar-refractivity contribution is -0.127. The van der Waals surface area contributed by atoms with Gasteiger partial charge in [0.2, 0.25) is 0 Å². The summed E-state index contributed by atoms with van der Waals surface area (Å²) in [6.07, 6.45) is 2.88. The van der Waals surface area contributed by atoms with Crippen molar-refractivity contribution in [1.29, 1.82) is 0 Å². The molecule has 0 aromatic heterocycles. The molecular formula is C24H30N2O3. The van der Waals surface area contributed by atoms with Crippen LogP contribution in [0.1, 0.15) is 41.6 Å². The maximum atomic E-state index is 13.0. The van der Waals surface area contributed by atoms with Crippen LogP contribution in [0.5, 0.6) is 5.75 Å². The lowest BCUT2D eigenvalue weighted by Crippen LogP contribution is -2.66. The number of aliphatic hydroxyl groups is 1. The largest absolute Gasteiger partial charge is 0.508 e. The molecule has 1 heterocycles. The molecule has 2 aromatic carbocycles. The zero-order chi connectivity index (χ0) is 20.6. The van der Waals surface area contributed by atoms with Crippen molar-refractivity contribution in [3.63, 3.8) is 0 Å². The molecule has 1 aliphatic heterocycles. The Hall–Kier alpha value is -2.37. The highest BCUT2D eigenvalue weighted by atomic mass is 16.3. The van der Waals surface area contributed by atoms with Crippen molar-refractivity contribution in [1.82, 2.24) is 9.80 Å². The van der Waals surface area contributed by atoms with Crippen LogP contribution in [0, 0.1) is 0 Å². The summed E-state index contributed by atoms with van der Waals surface area (Å²) in [5.74, 6) is 0.231. The Morgan fingerprint density at radius 3 is 2.62 bits per heavy atom. The molecule has 2 unspecified atom stereocenters. The van der Waals surface area contributed by atoms with E-state index in [1.807, 2.05) is 61.5 Å². The van der Waals surface area contributed by atoms with E-state index >= 15 is 0 Å². The summed E-state index contributed by atoms with van der Waals surface area (Å²) in [5, 5.41) is 21.9. The van der Waals surface area contributed by atoms with Crippen molar-refractivity contribution in [3.05, 3.63) is 65.7 Å². The summed E-state index contributed by atoms with van der Waals surface area (Å²) in [6, 6.07) is 16.7. The summed E-state index contributed by atoms with van der Waals surface area (Å²) in [6.45, 7) is 1.48. The van der Waals surface area contributed by atoms with Gasteiger partial charge in [0.1, 0.15) is 5.75 Å². The van der Waals surface area contributed by atoms with Gasteiger partial charge < -0.3 is 20.0 Å². The van der Waals surface area contributed by atoms with E-state index < -0.39 is 11.0 Å². The molecule has 2 fully saturated rings. The second-order valence-corrected chi connectivity index (χ2v) is 8.83. The number of fused-ring (bicyclic) bond motifs is 1. The number of piperidine rings is 1. The van der Waals surface area contributed by atoms with Gasteiger partial charge in [-0.15, -0.1) is 0 Å². The van der Waals surface area contributed by atoms with Crippen molar-refractivity contribution in [2.75, 3.05) is 27.2 Å². The fourth-order valence-electron chi connectivity index (χ4n) is 5.43. The molecule has 29 heavy (non-hydrogen) atoms. The number of nitrogens with zero attached hydrogens (tertiary/aromatic N) is 2. The van der Waals surface area contributed by atoms with E-state index in [9.17, 15) is 15.0 Å². The Bertz CT molecular complexity index is 887. The summed E-state index contributed by atoms with van der Waals surface area (Å²) in [7, 11) is 3.91. The standard InChI is InChI=1S/C24H30N2O3/c1-25-14-13-23(19-9-6-10-21(27)15-19)16-20(11-12-24(23,29)17-25)26(2)22(28)18-7-4-3-5-8-18/h3-10,15,20,27,29H,11-14,16-17H2,1-2H3/t20-,23?,24?/m0/s1. The van der Waals surface area contributed by atoms with Gasteiger partial charge in [-0.05, 0) is 69.1 Å². The number of hydrogen-bond donors (Lipinski definition) is 2. The fraction of sp³-hybridized carbons (Fsp3) is 0.458. The van der Waals surface area contributed by atoms with Crippen LogP contribution in [0.2, 0.25) is 0 Å². The second-order valence-electron chi connectivity index (χ2n) is 8.83. The number of phenolic OH excluding ortho intramolecular Hbond substituents is 1. The van der Waals surface area contributed by atoms with Crippen molar-refractivity contribution >= 4 is 5.91 Å². The first kappa shape index (κ1) is 19.9. The molecule has 1 saturated carbocycles. The number of carbonyl (C=O) groups excluding carboxylic acids is 1. The summed E-state index contributed by atoms with van der Waals surface area (Å²) < 4.78 is 0. The van der Waals surface area contributed by atoms with Gasteiger partial charge in [0.05, 0.1) is 5.60 Å². The zero-order valence-corrected chi connectivity index (χ0v) is 17.2. The first-order valence-electron chi connectivity index (χ1n) is 10.4. The molecule has 1 aliphatic carbocycles. The lowest BCUT2D eigenvalue weighted by Gasteiger charge is -2.58. The number of likely N-dealkylation sites (N-methyl/N-ethyl adjacent to an activating group) is 1. The number of hydrogen-bond acceptors (Lipinski definition) is 4. The minimum absolute atomic E-state index is 0.0139. The first-order chi connectivity index (χ1) is 13.8. The summed E-state index contributed by atoms with van der Waals surface area (Å²) >= 11 is 0. The average Bonchev–Trinajstić information content (AvgIpc) is 2.72. The van der Waals surface area contributed by atoms with Crippen LogP contribution in [0.4, 0.5) is 0 Å². The number of β-amino-alcohol motifs (C(OH)–C–C–N with tert-alkyl or cyclic N) is 1. The molecule has 2 aromatic rings. The number of aromatic hydroxyl groups is 1. The molecule has 154 valence electrons. The van der Waals surface area contributed by atoms with Gasteiger partial charge in [-0.25, -0.2) is 0 Å². The van der Waals surface area contributed by atoms with E-state index in [1.165, 1.54) is 0 Å². The highest BCUT2D eigenvalue weighted by Gasteiger charge is 2.57. The first-order valence-corrected chi connectivity index (χ1v) is 10.4. The van der Waals surface area contributed by atoms with Crippen LogP contribution >= 0.6 is 0 Å². The van der Waals surface area contributed by atoms with E-state index in [0.29, 0.717) is 24.9 Å².